The summed E-state index contributed by atoms with van der Waals surface area (Å²) in [5, 5.41) is 0. The number of carbonyl (C=O) groups excluding carboxylic acids is 1. The van der Waals surface area contributed by atoms with Crippen LogP contribution in [0.15, 0.2) is 22.9 Å². The van der Waals surface area contributed by atoms with E-state index in [0.29, 0.717) is 5.56 Å². The summed E-state index contributed by atoms with van der Waals surface area (Å²) in [6, 6.07) is 2.17. The van der Waals surface area contributed by atoms with Crippen LogP contribution >= 0.6 is 15.9 Å². The molecule has 0 bridgehead atoms. The molecule has 4 heteroatoms. The smallest absolute Gasteiger partial charge is 0.255 e. The average Bonchev–Trinajstić information content (AvgIpc) is 2.16. The third kappa shape index (κ3) is 3.04. The first-order chi connectivity index (χ1) is 7.43. The Labute approximate surface area is 105 Å². The van der Waals surface area contributed by atoms with E-state index in [9.17, 15) is 4.79 Å². The Kier molecular flexibility index (Phi) is 4.47. The molecular weight excluding hydrogens is 268 g/mol. The fraction of sp³-hybridized carbons (Fsp3) is 0.500. The van der Waals surface area contributed by atoms with Gasteiger partial charge < -0.3 is 4.90 Å². The molecule has 0 N–H and O–H groups in total. The van der Waals surface area contributed by atoms with Crippen LogP contribution in [-0.4, -0.2) is 27.9 Å². The molecule has 0 aliphatic rings. The molecule has 88 valence electrons. The van der Waals surface area contributed by atoms with E-state index in [0.717, 1.165) is 4.47 Å². The highest BCUT2D eigenvalue weighted by molar-refractivity contribution is 9.10. The van der Waals surface area contributed by atoms with E-state index in [1.54, 1.807) is 18.5 Å². The van der Waals surface area contributed by atoms with Gasteiger partial charge in [-0.3, -0.25) is 9.78 Å². The van der Waals surface area contributed by atoms with Gasteiger partial charge in [0, 0.05) is 29.0 Å². The summed E-state index contributed by atoms with van der Waals surface area (Å²) < 4.78 is 0.825. The van der Waals surface area contributed by atoms with Gasteiger partial charge in [0.25, 0.3) is 5.91 Å². The van der Waals surface area contributed by atoms with Crippen molar-refractivity contribution in [3.63, 3.8) is 0 Å². The molecule has 0 radical (unpaired) electrons. The zero-order valence-corrected chi connectivity index (χ0v) is 11.7. The Morgan fingerprint density at radius 3 is 2.25 bits per heavy atom. The van der Waals surface area contributed by atoms with E-state index in [1.165, 1.54) is 0 Å². The highest BCUT2D eigenvalue weighted by Crippen LogP contribution is 2.15. The third-order valence-corrected chi connectivity index (χ3v) is 2.73. The Hall–Kier alpha value is -0.900. The van der Waals surface area contributed by atoms with Gasteiger partial charge in [0.05, 0.1) is 5.56 Å². The quantitative estimate of drug-likeness (QED) is 0.855. The van der Waals surface area contributed by atoms with Gasteiger partial charge in [-0.25, -0.2) is 0 Å². The molecule has 1 aromatic rings. The number of carbonyl (C=O) groups is 1. The minimum atomic E-state index is 0.0267. The second-order valence-corrected chi connectivity index (χ2v) is 5.21. The molecule has 1 aromatic heterocycles. The average molecular weight is 285 g/mol. The molecule has 0 aliphatic carbocycles. The molecule has 0 unspecified atom stereocenters. The first kappa shape index (κ1) is 13.2. The molecule has 16 heavy (non-hydrogen) atoms. The third-order valence-electron chi connectivity index (χ3n) is 2.30. The maximum atomic E-state index is 12.2. The Morgan fingerprint density at radius 1 is 1.25 bits per heavy atom. The van der Waals surface area contributed by atoms with E-state index in [-0.39, 0.29) is 18.0 Å². The number of hydrogen-bond donors (Lipinski definition) is 0. The second-order valence-electron chi connectivity index (χ2n) is 4.29. The molecule has 0 saturated heterocycles. The molecule has 0 atom stereocenters. The van der Waals surface area contributed by atoms with Gasteiger partial charge in [0.1, 0.15) is 0 Å². The van der Waals surface area contributed by atoms with Gasteiger partial charge in [-0.05, 0) is 49.7 Å². The van der Waals surface area contributed by atoms with Crippen molar-refractivity contribution in [2.75, 3.05) is 0 Å². The van der Waals surface area contributed by atoms with Crippen molar-refractivity contribution in [2.45, 2.75) is 39.8 Å². The minimum absolute atomic E-state index is 0.0267. The number of amides is 1. The van der Waals surface area contributed by atoms with Crippen molar-refractivity contribution in [1.82, 2.24) is 9.88 Å². The SMILES string of the molecule is CC(C)N(C(=O)c1cncc(Br)c1)C(C)C. The number of hydrogen-bond acceptors (Lipinski definition) is 2. The monoisotopic (exact) mass is 284 g/mol. The standard InChI is InChI=1S/C12H17BrN2O/c1-8(2)15(9(3)4)12(16)10-5-11(13)7-14-6-10/h5-9H,1-4H3. The van der Waals surface area contributed by atoms with Crippen LogP contribution in [0.4, 0.5) is 0 Å². The van der Waals surface area contributed by atoms with Crippen LogP contribution in [0.25, 0.3) is 0 Å². The summed E-state index contributed by atoms with van der Waals surface area (Å²) >= 11 is 3.32. The van der Waals surface area contributed by atoms with E-state index in [1.807, 2.05) is 32.6 Å². The van der Waals surface area contributed by atoms with Crippen LogP contribution in [0, 0.1) is 0 Å². The van der Waals surface area contributed by atoms with Gasteiger partial charge in [0.15, 0.2) is 0 Å². The lowest BCUT2D eigenvalue weighted by molar-refractivity contribution is 0.0643. The summed E-state index contributed by atoms with van der Waals surface area (Å²) in [6.07, 6.45) is 3.27. The normalized spacial score (nSPS) is 10.9. The molecule has 0 fully saturated rings. The predicted octanol–water partition coefficient (Wildman–Crippen LogP) is 3.10. The molecule has 1 heterocycles. The van der Waals surface area contributed by atoms with Gasteiger partial charge in [-0.2, -0.15) is 0 Å². The Balaban J connectivity index is 2.99. The zero-order valence-electron chi connectivity index (χ0n) is 10.1. The lowest BCUT2D eigenvalue weighted by Crippen LogP contribution is -2.42. The van der Waals surface area contributed by atoms with Gasteiger partial charge >= 0.3 is 0 Å². The van der Waals surface area contributed by atoms with E-state index in [4.69, 9.17) is 0 Å². The first-order valence-electron chi connectivity index (χ1n) is 5.36. The lowest BCUT2D eigenvalue weighted by atomic mass is 10.1. The van der Waals surface area contributed by atoms with Crippen molar-refractivity contribution in [3.8, 4) is 0 Å². The highest BCUT2D eigenvalue weighted by Gasteiger charge is 2.21. The summed E-state index contributed by atoms with van der Waals surface area (Å²) in [5.41, 5.74) is 0.622. The largest absolute Gasteiger partial charge is 0.334 e. The molecular formula is C12H17BrN2O. The van der Waals surface area contributed by atoms with Gasteiger partial charge in [0.2, 0.25) is 0 Å². The van der Waals surface area contributed by atoms with Crippen LogP contribution in [0.2, 0.25) is 0 Å². The second kappa shape index (κ2) is 5.43. The van der Waals surface area contributed by atoms with E-state index in [2.05, 4.69) is 20.9 Å². The summed E-state index contributed by atoms with van der Waals surface area (Å²) in [5.74, 6) is 0.0267. The van der Waals surface area contributed by atoms with Crippen LogP contribution in [-0.2, 0) is 0 Å². The molecule has 3 nitrogen and oxygen atoms in total. The minimum Gasteiger partial charge on any atom is -0.334 e. The van der Waals surface area contributed by atoms with Crippen LogP contribution < -0.4 is 0 Å². The van der Waals surface area contributed by atoms with Crippen LogP contribution in [0.3, 0.4) is 0 Å². The number of nitrogens with zero attached hydrogens (tertiary/aromatic N) is 2. The fourth-order valence-corrected chi connectivity index (χ4v) is 2.11. The predicted molar refractivity (Wildman–Crippen MR) is 68.4 cm³/mol. The molecule has 0 aliphatic heterocycles. The van der Waals surface area contributed by atoms with Crippen LogP contribution in [0.5, 0.6) is 0 Å². The van der Waals surface area contributed by atoms with Crippen molar-refractivity contribution < 1.29 is 4.79 Å². The molecule has 1 rings (SSSR count). The zero-order chi connectivity index (χ0) is 12.3. The summed E-state index contributed by atoms with van der Waals surface area (Å²) in [7, 11) is 0. The van der Waals surface area contributed by atoms with Crippen molar-refractivity contribution in [3.05, 3.63) is 28.5 Å². The Morgan fingerprint density at radius 2 is 1.81 bits per heavy atom. The molecule has 1 amide bonds. The van der Waals surface area contributed by atoms with Crippen molar-refractivity contribution >= 4 is 21.8 Å². The van der Waals surface area contributed by atoms with Gasteiger partial charge in [-0.15, -0.1) is 0 Å². The Bertz CT molecular complexity index is 369. The molecule has 0 saturated carbocycles. The topological polar surface area (TPSA) is 33.2 Å². The summed E-state index contributed by atoms with van der Waals surface area (Å²) in [4.78, 5) is 18.1. The van der Waals surface area contributed by atoms with Gasteiger partial charge in [-0.1, -0.05) is 0 Å². The molecule has 0 spiro atoms. The van der Waals surface area contributed by atoms with Crippen molar-refractivity contribution in [2.24, 2.45) is 0 Å². The number of halogens is 1. The fourth-order valence-electron chi connectivity index (χ4n) is 1.74. The van der Waals surface area contributed by atoms with Crippen molar-refractivity contribution in [1.29, 1.82) is 0 Å². The van der Waals surface area contributed by atoms with E-state index < -0.39 is 0 Å². The van der Waals surface area contributed by atoms with Crippen LogP contribution in [0.1, 0.15) is 38.1 Å². The maximum Gasteiger partial charge on any atom is 0.255 e. The summed E-state index contributed by atoms with van der Waals surface area (Å²) in [6.45, 7) is 8.07. The first-order valence-corrected chi connectivity index (χ1v) is 6.16. The maximum absolute atomic E-state index is 12.2. The molecule has 0 aromatic carbocycles. The number of aromatic nitrogens is 1. The van der Waals surface area contributed by atoms with E-state index >= 15 is 0 Å². The highest BCUT2D eigenvalue weighted by atomic mass is 79.9. The number of pyridine rings is 1. The number of rotatable bonds is 3. The lowest BCUT2D eigenvalue weighted by Gasteiger charge is -2.30.